The van der Waals surface area contributed by atoms with Gasteiger partial charge in [0.25, 0.3) is 5.91 Å². The molecule has 1 amide bonds. The summed E-state index contributed by atoms with van der Waals surface area (Å²) in [4.78, 5) is 19.6. The number of aromatic nitrogens is 4. The quantitative estimate of drug-likeness (QED) is 0.509. The van der Waals surface area contributed by atoms with Crippen LogP contribution in [0.25, 0.3) is 5.69 Å². The number of alkyl halides is 3. The Morgan fingerprint density at radius 1 is 1.15 bits per heavy atom. The Morgan fingerprint density at radius 2 is 1.88 bits per heavy atom. The first kappa shape index (κ1) is 23.6. The average molecular weight is 481 g/mol. The van der Waals surface area contributed by atoms with Gasteiger partial charge in [-0.15, -0.1) is 0 Å². The van der Waals surface area contributed by atoms with Crippen LogP contribution in [0.4, 0.5) is 22.0 Å². The van der Waals surface area contributed by atoms with Crippen LogP contribution in [0, 0.1) is 17.6 Å². The number of carbonyl (C=O) groups excluding carboxylic acids is 1. The predicted octanol–water partition coefficient (Wildman–Crippen LogP) is 4.28. The molecule has 34 heavy (non-hydrogen) atoms. The number of carbonyl (C=O) groups is 1. The van der Waals surface area contributed by atoms with Gasteiger partial charge in [0.15, 0.2) is 11.6 Å². The molecule has 3 aromatic rings. The van der Waals surface area contributed by atoms with Crippen LogP contribution in [0.3, 0.4) is 0 Å². The molecular formula is C22H20F5N5O2. The molecule has 2 atom stereocenters. The lowest BCUT2D eigenvalue weighted by molar-refractivity contribution is -0.137. The van der Waals surface area contributed by atoms with E-state index in [1.807, 2.05) is 6.92 Å². The molecule has 1 saturated heterocycles. The van der Waals surface area contributed by atoms with Crippen molar-refractivity contribution < 1.29 is 31.5 Å². The standard InChI is InChI=1S/C22H20F5N5O2/c1-13-3-2-10-31(17(13)12-34-18-7-4-14(11-28-18)22(25,26)27)21(33)19-16(32-29-8-9-30-32)6-5-15(23)20(19)24/h4-9,11,13,17H,2-3,10,12H2,1H3/t13-,17-/m1/s1. The van der Waals surface area contributed by atoms with Crippen LogP contribution in [-0.2, 0) is 6.18 Å². The molecular weight excluding hydrogens is 461 g/mol. The summed E-state index contributed by atoms with van der Waals surface area (Å²) >= 11 is 0. The van der Waals surface area contributed by atoms with E-state index in [1.165, 1.54) is 23.4 Å². The van der Waals surface area contributed by atoms with Crippen LogP contribution in [-0.4, -0.2) is 50.0 Å². The Hall–Kier alpha value is -3.57. The first-order valence-corrected chi connectivity index (χ1v) is 10.5. The molecule has 1 aliphatic heterocycles. The van der Waals surface area contributed by atoms with Gasteiger partial charge in [0.2, 0.25) is 5.88 Å². The molecule has 1 fully saturated rings. The Bertz CT molecular complexity index is 1150. The van der Waals surface area contributed by atoms with E-state index in [0.717, 1.165) is 29.4 Å². The van der Waals surface area contributed by atoms with Gasteiger partial charge in [-0.2, -0.15) is 28.2 Å². The minimum Gasteiger partial charge on any atom is -0.475 e. The van der Waals surface area contributed by atoms with Gasteiger partial charge in [-0.1, -0.05) is 6.92 Å². The van der Waals surface area contributed by atoms with E-state index in [0.29, 0.717) is 12.6 Å². The molecule has 0 spiro atoms. The number of likely N-dealkylation sites (tertiary alicyclic amines) is 1. The smallest absolute Gasteiger partial charge is 0.417 e. The summed E-state index contributed by atoms with van der Waals surface area (Å²) in [5.41, 5.74) is -1.44. The molecule has 2 aromatic heterocycles. The second kappa shape index (κ2) is 9.35. The number of piperidine rings is 1. The minimum absolute atomic E-state index is 0.0174. The molecule has 12 heteroatoms. The zero-order valence-corrected chi connectivity index (χ0v) is 18.0. The number of hydrogen-bond acceptors (Lipinski definition) is 5. The zero-order valence-electron chi connectivity index (χ0n) is 18.0. The number of ether oxygens (including phenoxy) is 1. The topological polar surface area (TPSA) is 73.1 Å². The van der Waals surface area contributed by atoms with Crippen molar-refractivity contribution in [3.05, 3.63) is 65.6 Å². The van der Waals surface area contributed by atoms with Crippen LogP contribution in [0.5, 0.6) is 5.88 Å². The molecule has 4 rings (SSSR count). The summed E-state index contributed by atoms with van der Waals surface area (Å²) < 4.78 is 72.8. The molecule has 1 aromatic carbocycles. The van der Waals surface area contributed by atoms with E-state index >= 15 is 0 Å². The van der Waals surface area contributed by atoms with E-state index in [-0.39, 0.29) is 30.6 Å². The predicted molar refractivity (Wildman–Crippen MR) is 109 cm³/mol. The lowest BCUT2D eigenvalue weighted by Crippen LogP contribution is -2.51. The second-order valence-electron chi connectivity index (χ2n) is 7.95. The normalized spacial score (nSPS) is 18.7. The number of pyridine rings is 1. The maximum absolute atomic E-state index is 14.8. The van der Waals surface area contributed by atoms with Gasteiger partial charge < -0.3 is 9.64 Å². The van der Waals surface area contributed by atoms with E-state index in [2.05, 4.69) is 15.2 Å². The molecule has 0 aliphatic carbocycles. The first-order chi connectivity index (χ1) is 16.2. The second-order valence-corrected chi connectivity index (χ2v) is 7.95. The van der Waals surface area contributed by atoms with Gasteiger partial charge >= 0.3 is 6.18 Å². The number of hydrogen-bond donors (Lipinski definition) is 0. The number of nitrogens with zero attached hydrogens (tertiary/aromatic N) is 5. The fourth-order valence-electron chi connectivity index (χ4n) is 3.95. The lowest BCUT2D eigenvalue weighted by Gasteiger charge is -2.40. The summed E-state index contributed by atoms with van der Waals surface area (Å²) in [6, 6.07) is 3.50. The molecule has 180 valence electrons. The SMILES string of the molecule is C[C@@H]1CCCN(C(=O)c2c(-n3nccn3)ccc(F)c2F)[C@@H]1COc1ccc(C(F)(F)F)cn1. The fraction of sp³-hybridized carbons (Fsp3) is 0.364. The van der Waals surface area contributed by atoms with E-state index in [4.69, 9.17) is 4.74 Å². The van der Waals surface area contributed by atoms with E-state index in [1.54, 1.807) is 0 Å². The van der Waals surface area contributed by atoms with Crippen molar-refractivity contribution in [3.8, 4) is 11.6 Å². The van der Waals surface area contributed by atoms with Crippen LogP contribution in [0.1, 0.15) is 35.7 Å². The van der Waals surface area contributed by atoms with Gasteiger partial charge in [0.1, 0.15) is 17.9 Å². The van der Waals surface area contributed by atoms with Crippen molar-refractivity contribution in [2.24, 2.45) is 5.92 Å². The van der Waals surface area contributed by atoms with Crippen molar-refractivity contribution in [3.63, 3.8) is 0 Å². The van der Waals surface area contributed by atoms with Crippen molar-refractivity contribution in [2.45, 2.75) is 32.0 Å². The Morgan fingerprint density at radius 3 is 2.53 bits per heavy atom. The highest BCUT2D eigenvalue weighted by Gasteiger charge is 2.36. The van der Waals surface area contributed by atoms with Crippen molar-refractivity contribution in [1.29, 1.82) is 0 Å². The molecule has 3 heterocycles. The van der Waals surface area contributed by atoms with E-state index < -0.39 is 40.9 Å². The van der Waals surface area contributed by atoms with Crippen molar-refractivity contribution in [1.82, 2.24) is 24.9 Å². The number of rotatable bonds is 5. The van der Waals surface area contributed by atoms with Gasteiger partial charge in [-0.3, -0.25) is 4.79 Å². The molecule has 7 nitrogen and oxygen atoms in total. The molecule has 0 N–H and O–H groups in total. The van der Waals surface area contributed by atoms with E-state index in [9.17, 15) is 26.7 Å². The van der Waals surface area contributed by atoms with Crippen LogP contribution in [0.2, 0.25) is 0 Å². The van der Waals surface area contributed by atoms with Gasteiger partial charge in [-0.05, 0) is 37.0 Å². The monoisotopic (exact) mass is 481 g/mol. The Labute approximate surface area is 191 Å². The number of benzene rings is 1. The highest BCUT2D eigenvalue weighted by molar-refractivity contribution is 5.98. The highest BCUT2D eigenvalue weighted by atomic mass is 19.4. The third-order valence-corrected chi connectivity index (χ3v) is 5.76. The highest BCUT2D eigenvalue weighted by Crippen LogP contribution is 2.31. The van der Waals surface area contributed by atoms with Crippen LogP contribution in [0.15, 0.2) is 42.9 Å². The number of halogens is 5. The molecule has 0 radical (unpaired) electrons. The molecule has 0 unspecified atom stereocenters. The summed E-state index contributed by atoms with van der Waals surface area (Å²) in [6.07, 6.45) is 0.195. The summed E-state index contributed by atoms with van der Waals surface area (Å²) in [5.74, 6) is -3.38. The lowest BCUT2D eigenvalue weighted by atomic mass is 9.90. The summed E-state index contributed by atoms with van der Waals surface area (Å²) in [7, 11) is 0. The van der Waals surface area contributed by atoms with Crippen molar-refractivity contribution in [2.75, 3.05) is 13.2 Å². The van der Waals surface area contributed by atoms with Crippen molar-refractivity contribution >= 4 is 5.91 Å². The third kappa shape index (κ3) is 4.70. The minimum atomic E-state index is -4.52. The third-order valence-electron chi connectivity index (χ3n) is 5.76. The maximum atomic E-state index is 14.8. The maximum Gasteiger partial charge on any atom is 0.417 e. The van der Waals surface area contributed by atoms with Gasteiger partial charge in [0, 0.05) is 18.8 Å². The number of amides is 1. The molecule has 1 aliphatic rings. The van der Waals surface area contributed by atoms with Crippen LogP contribution >= 0.6 is 0 Å². The first-order valence-electron chi connectivity index (χ1n) is 10.5. The summed E-state index contributed by atoms with van der Waals surface area (Å²) in [5, 5.41) is 7.82. The van der Waals surface area contributed by atoms with Crippen LogP contribution < -0.4 is 4.74 Å². The summed E-state index contributed by atoms with van der Waals surface area (Å²) in [6.45, 7) is 2.06. The average Bonchev–Trinajstić information content (AvgIpc) is 3.34. The zero-order chi connectivity index (χ0) is 24.5. The Balaban J connectivity index is 1.59. The molecule has 0 saturated carbocycles. The molecule has 0 bridgehead atoms. The largest absolute Gasteiger partial charge is 0.475 e. The van der Waals surface area contributed by atoms with Gasteiger partial charge in [-0.25, -0.2) is 13.8 Å². The Kier molecular flexibility index (Phi) is 6.49. The fourth-order valence-corrected chi connectivity index (χ4v) is 3.95. The van der Waals surface area contributed by atoms with Gasteiger partial charge in [0.05, 0.1) is 24.0 Å².